The summed E-state index contributed by atoms with van der Waals surface area (Å²) in [6.45, 7) is 4.40. The predicted molar refractivity (Wildman–Crippen MR) is 89.2 cm³/mol. The lowest BCUT2D eigenvalue weighted by Crippen LogP contribution is -2.27. The van der Waals surface area contributed by atoms with Crippen LogP contribution in [0.3, 0.4) is 0 Å². The first-order valence-electron chi connectivity index (χ1n) is 7.30. The van der Waals surface area contributed by atoms with Crippen LogP contribution in [0.4, 0.5) is 5.69 Å². The average Bonchev–Trinajstić information content (AvgIpc) is 3.14. The number of hydrogen-bond donors (Lipinski definition) is 2. The molecule has 2 rings (SSSR count). The minimum absolute atomic E-state index is 0.194. The first-order chi connectivity index (χ1) is 11.0. The largest absolute Gasteiger partial charge is 0.354 e. The van der Waals surface area contributed by atoms with Gasteiger partial charge in [-0.1, -0.05) is 6.92 Å². The molecule has 23 heavy (non-hydrogen) atoms. The molecule has 0 radical (unpaired) electrons. The van der Waals surface area contributed by atoms with E-state index < -0.39 is 6.04 Å². The third-order valence-electron chi connectivity index (χ3n) is 3.36. The quantitative estimate of drug-likeness (QED) is 0.796. The Balaban J connectivity index is 2.24. The zero-order chi connectivity index (χ0) is 17.0. The molecule has 0 fully saturated rings. The summed E-state index contributed by atoms with van der Waals surface area (Å²) in [5.41, 5.74) is 0.583. The predicted octanol–water partition coefficient (Wildman–Crippen LogP) is 1.81. The van der Waals surface area contributed by atoms with Crippen LogP contribution < -0.4 is 10.6 Å². The molecule has 0 bridgehead atoms. The third kappa shape index (κ3) is 3.79. The van der Waals surface area contributed by atoms with Gasteiger partial charge < -0.3 is 10.6 Å². The van der Waals surface area contributed by atoms with Crippen LogP contribution in [0.25, 0.3) is 0 Å². The molecule has 0 spiro atoms. The second-order valence-corrected chi connectivity index (χ2v) is 5.79. The summed E-state index contributed by atoms with van der Waals surface area (Å²) in [6, 6.07) is -0.469. The highest BCUT2D eigenvalue weighted by molar-refractivity contribution is 9.10. The highest BCUT2D eigenvalue weighted by Gasteiger charge is 2.23. The van der Waals surface area contributed by atoms with Crippen molar-refractivity contribution in [2.75, 3.05) is 12.4 Å². The van der Waals surface area contributed by atoms with Gasteiger partial charge in [0.2, 0.25) is 5.91 Å². The standard InChI is InChI=1S/C14H19BrN6O2/c1-4-11(21-7-9(15)6-17-21)13(22)18-10-8-20(5-2)19-12(10)14(23)16-3/h6-8,11H,4-5H2,1-3H3,(H,16,23)(H,18,22). The Morgan fingerprint density at radius 3 is 2.61 bits per heavy atom. The number of carbonyl (C=O) groups excluding carboxylic acids is 2. The van der Waals surface area contributed by atoms with Gasteiger partial charge >= 0.3 is 0 Å². The van der Waals surface area contributed by atoms with Gasteiger partial charge in [-0.05, 0) is 29.3 Å². The van der Waals surface area contributed by atoms with E-state index in [0.29, 0.717) is 18.7 Å². The van der Waals surface area contributed by atoms with Crippen LogP contribution in [0.5, 0.6) is 0 Å². The Kier molecular flexibility index (Phi) is 5.54. The first-order valence-corrected chi connectivity index (χ1v) is 8.09. The van der Waals surface area contributed by atoms with Gasteiger partial charge in [0.1, 0.15) is 6.04 Å². The van der Waals surface area contributed by atoms with Crippen LogP contribution in [0.2, 0.25) is 0 Å². The van der Waals surface area contributed by atoms with Gasteiger partial charge in [-0.2, -0.15) is 10.2 Å². The molecule has 2 heterocycles. The van der Waals surface area contributed by atoms with Crippen LogP contribution in [0, 0.1) is 0 Å². The second-order valence-electron chi connectivity index (χ2n) is 4.88. The van der Waals surface area contributed by atoms with Crippen LogP contribution in [0.15, 0.2) is 23.1 Å². The van der Waals surface area contributed by atoms with E-state index in [0.717, 1.165) is 4.47 Å². The van der Waals surface area contributed by atoms with Crippen molar-refractivity contribution < 1.29 is 9.59 Å². The first kappa shape index (κ1) is 17.2. The van der Waals surface area contributed by atoms with E-state index in [4.69, 9.17) is 0 Å². The molecule has 0 saturated carbocycles. The van der Waals surface area contributed by atoms with Gasteiger partial charge in [0.25, 0.3) is 5.91 Å². The number of aryl methyl sites for hydroxylation is 1. The van der Waals surface area contributed by atoms with E-state index in [-0.39, 0.29) is 17.5 Å². The number of rotatable bonds is 6. The van der Waals surface area contributed by atoms with Gasteiger partial charge in [-0.15, -0.1) is 0 Å². The Labute approximate surface area is 142 Å². The number of nitrogens with one attached hydrogen (secondary N) is 2. The molecule has 0 aromatic carbocycles. The summed E-state index contributed by atoms with van der Waals surface area (Å²) in [7, 11) is 1.52. The zero-order valence-corrected chi connectivity index (χ0v) is 14.8. The highest BCUT2D eigenvalue weighted by atomic mass is 79.9. The van der Waals surface area contributed by atoms with E-state index >= 15 is 0 Å². The second kappa shape index (κ2) is 7.40. The molecule has 9 heteroatoms. The molecule has 0 aliphatic rings. The van der Waals surface area contributed by atoms with Crippen molar-refractivity contribution in [1.29, 1.82) is 0 Å². The summed E-state index contributed by atoms with van der Waals surface area (Å²) in [6.07, 6.45) is 5.58. The average molecular weight is 383 g/mol. The van der Waals surface area contributed by atoms with Crippen LogP contribution >= 0.6 is 15.9 Å². The monoisotopic (exact) mass is 382 g/mol. The molecule has 0 aliphatic heterocycles. The van der Waals surface area contributed by atoms with Crippen molar-refractivity contribution in [1.82, 2.24) is 24.9 Å². The van der Waals surface area contributed by atoms with Crippen molar-refractivity contribution in [3.8, 4) is 0 Å². The fourth-order valence-electron chi connectivity index (χ4n) is 2.15. The van der Waals surface area contributed by atoms with E-state index in [1.165, 1.54) is 7.05 Å². The van der Waals surface area contributed by atoms with Crippen molar-refractivity contribution in [3.05, 3.63) is 28.8 Å². The molecule has 2 N–H and O–H groups in total. The van der Waals surface area contributed by atoms with Gasteiger partial charge in [-0.25, -0.2) is 0 Å². The van der Waals surface area contributed by atoms with Gasteiger partial charge in [0.05, 0.1) is 16.4 Å². The molecule has 1 atom stereocenters. The van der Waals surface area contributed by atoms with Crippen molar-refractivity contribution in [3.63, 3.8) is 0 Å². The van der Waals surface area contributed by atoms with E-state index in [1.807, 2.05) is 13.8 Å². The highest BCUT2D eigenvalue weighted by Crippen LogP contribution is 2.19. The lowest BCUT2D eigenvalue weighted by Gasteiger charge is -2.15. The normalized spacial score (nSPS) is 12.0. The summed E-state index contributed by atoms with van der Waals surface area (Å²) in [5, 5.41) is 13.6. The number of hydrogen-bond acceptors (Lipinski definition) is 4. The zero-order valence-electron chi connectivity index (χ0n) is 13.2. The topological polar surface area (TPSA) is 93.8 Å². The Morgan fingerprint density at radius 1 is 1.35 bits per heavy atom. The number of amides is 2. The number of carbonyl (C=O) groups is 2. The summed E-state index contributed by atoms with van der Waals surface area (Å²) in [4.78, 5) is 24.5. The molecular formula is C14H19BrN6O2. The summed E-state index contributed by atoms with van der Waals surface area (Å²) >= 11 is 3.32. The van der Waals surface area contributed by atoms with Gasteiger partial charge in [0, 0.05) is 26.0 Å². The lowest BCUT2D eigenvalue weighted by molar-refractivity contribution is -0.119. The molecule has 2 aromatic rings. The SMILES string of the molecule is CCC(C(=O)Nc1cn(CC)nc1C(=O)NC)n1cc(Br)cn1. The lowest BCUT2D eigenvalue weighted by atomic mass is 10.2. The maximum Gasteiger partial charge on any atom is 0.273 e. The third-order valence-corrected chi connectivity index (χ3v) is 3.77. The minimum atomic E-state index is -0.469. The Bertz CT molecular complexity index is 708. The maximum absolute atomic E-state index is 12.6. The number of halogens is 1. The molecule has 0 aliphatic carbocycles. The fraction of sp³-hybridized carbons (Fsp3) is 0.429. The number of nitrogens with zero attached hydrogens (tertiary/aromatic N) is 4. The summed E-state index contributed by atoms with van der Waals surface area (Å²) in [5.74, 6) is -0.591. The molecule has 0 saturated heterocycles. The van der Waals surface area contributed by atoms with E-state index in [1.54, 1.807) is 28.0 Å². The molecule has 1 unspecified atom stereocenters. The van der Waals surface area contributed by atoms with Crippen LogP contribution in [-0.4, -0.2) is 38.4 Å². The van der Waals surface area contributed by atoms with Gasteiger partial charge in [-0.3, -0.25) is 19.0 Å². The minimum Gasteiger partial charge on any atom is -0.354 e. The van der Waals surface area contributed by atoms with Crippen LogP contribution in [-0.2, 0) is 11.3 Å². The van der Waals surface area contributed by atoms with Crippen LogP contribution in [0.1, 0.15) is 36.8 Å². The Hall–Kier alpha value is -2.16. The maximum atomic E-state index is 12.6. The number of anilines is 1. The molecule has 2 amide bonds. The molecule has 2 aromatic heterocycles. The smallest absolute Gasteiger partial charge is 0.273 e. The van der Waals surface area contributed by atoms with Crippen molar-refractivity contribution in [2.45, 2.75) is 32.9 Å². The van der Waals surface area contributed by atoms with E-state index in [2.05, 4.69) is 36.8 Å². The van der Waals surface area contributed by atoms with Crippen molar-refractivity contribution in [2.24, 2.45) is 0 Å². The molecular weight excluding hydrogens is 364 g/mol. The number of aromatic nitrogens is 4. The summed E-state index contributed by atoms with van der Waals surface area (Å²) < 4.78 is 3.99. The van der Waals surface area contributed by atoms with Gasteiger partial charge in [0.15, 0.2) is 5.69 Å². The van der Waals surface area contributed by atoms with E-state index in [9.17, 15) is 9.59 Å². The Morgan fingerprint density at radius 2 is 2.09 bits per heavy atom. The fourth-order valence-corrected chi connectivity index (χ4v) is 2.46. The molecule has 124 valence electrons. The molecule has 8 nitrogen and oxygen atoms in total. The van der Waals surface area contributed by atoms with Crippen molar-refractivity contribution >= 4 is 33.4 Å².